The zero-order valence-corrected chi connectivity index (χ0v) is 37.3. The maximum absolute atomic E-state index is 12.8. The maximum Gasteiger partial charge on any atom is 0.306 e. The second-order valence-corrected chi connectivity index (χ2v) is 16.9. The summed E-state index contributed by atoms with van der Waals surface area (Å²) in [6.45, 7) is 3.62. The van der Waals surface area contributed by atoms with Crippen LogP contribution in [0, 0.1) is 0 Å². The van der Waals surface area contributed by atoms with Gasteiger partial charge in [-0.1, -0.05) is 138 Å². The van der Waals surface area contributed by atoms with Crippen molar-refractivity contribution in [1.29, 1.82) is 0 Å². The number of esters is 2. The number of allylic oxidation sites excluding steroid dienone is 12. The molecule has 4 N–H and O–H groups in total. The summed E-state index contributed by atoms with van der Waals surface area (Å²) in [4.78, 5) is 25.4. The number of carbonyl (C=O) groups is 2. The molecule has 13 heteroatoms. The molecule has 0 bridgehead atoms. The van der Waals surface area contributed by atoms with E-state index in [0.29, 0.717) is 12.8 Å². The largest absolute Gasteiger partial charge is 0.462 e. The lowest BCUT2D eigenvalue weighted by Crippen LogP contribution is -2.60. The average Bonchev–Trinajstić information content (AvgIpc) is 3.21. The van der Waals surface area contributed by atoms with Gasteiger partial charge < -0.3 is 34.3 Å². The Balaban J connectivity index is 2.50. The molecule has 0 spiro atoms. The van der Waals surface area contributed by atoms with E-state index >= 15 is 0 Å². The van der Waals surface area contributed by atoms with Crippen LogP contribution in [0.5, 0.6) is 0 Å². The van der Waals surface area contributed by atoms with Crippen LogP contribution in [-0.4, -0.2) is 96.0 Å². The normalized spacial score (nSPS) is 20.8. The summed E-state index contributed by atoms with van der Waals surface area (Å²) < 4.78 is 54.0. The van der Waals surface area contributed by atoms with E-state index in [1.807, 2.05) is 0 Å². The Hall–Kier alpha value is -2.91. The molecule has 1 saturated heterocycles. The summed E-state index contributed by atoms with van der Waals surface area (Å²) in [6, 6.07) is 0. The van der Waals surface area contributed by atoms with Gasteiger partial charge in [0, 0.05) is 12.8 Å². The molecule has 6 atom stereocenters. The molecule has 2 unspecified atom stereocenters. The zero-order chi connectivity index (χ0) is 44.1. The summed E-state index contributed by atoms with van der Waals surface area (Å²) >= 11 is 0. The number of aliphatic hydroxyl groups is 3. The molecule has 344 valence electrons. The fraction of sp³-hybridized carbons (Fsp3) is 0.702. The Morgan fingerprint density at radius 1 is 0.583 bits per heavy atom. The molecule has 0 aromatic rings. The fourth-order valence-corrected chi connectivity index (χ4v) is 6.94. The molecule has 1 fully saturated rings. The Kier molecular flexibility index (Phi) is 33.7. The van der Waals surface area contributed by atoms with E-state index in [2.05, 4.69) is 86.8 Å². The van der Waals surface area contributed by atoms with Gasteiger partial charge in [0.25, 0.3) is 10.1 Å². The van der Waals surface area contributed by atoms with Gasteiger partial charge in [0.1, 0.15) is 36.8 Å². The van der Waals surface area contributed by atoms with Gasteiger partial charge in [-0.2, -0.15) is 8.42 Å². The van der Waals surface area contributed by atoms with Crippen LogP contribution in [0.15, 0.2) is 72.9 Å². The Bertz CT molecular complexity index is 1390. The van der Waals surface area contributed by atoms with E-state index in [-0.39, 0.29) is 19.4 Å². The number of hydrogen-bond acceptors (Lipinski definition) is 11. The Morgan fingerprint density at radius 2 is 1.08 bits per heavy atom. The average molecular weight is 867 g/mol. The molecule has 1 aliphatic rings. The second-order valence-electron chi connectivity index (χ2n) is 15.4. The molecular weight excluding hydrogens is 789 g/mol. The lowest BCUT2D eigenvalue weighted by Gasteiger charge is -2.40. The van der Waals surface area contributed by atoms with Gasteiger partial charge in [0.15, 0.2) is 12.4 Å². The van der Waals surface area contributed by atoms with Crippen LogP contribution in [0.1, 0.15) is 155 Å². The number of hydrogen-bond donors (Lipinski definition) is 4. The van der Waals surface area contributed by atoms with Crippen molar-refractivity contribution >= 4 is 22.1 Å². The van der Waals surface area contributed by atoms with Crippen LogP contribution in [0.3, 0.4) is 0 Å². The SMILES string of the molecule is CCC/C=C/C/C=C/C/C=C/C/C=C/CCCCCC(=O)O[C@H](COC(=O)CCCCCCC/C=C/C=C/CCCCCC)CO[C@H]1O[C@H](CS(=O)(=O)O)[C@@H](O)C(O)C1O. The first-order chi connectivity index (χ1) is 29.0. The molecule has 0 aromatic heterocycles. The molecule has 0 aromatic carbocycles. The lowest BCUT2D eigenvalue weighted by atomic mass is 10.00. The molecule has 1 rings (SSSR count). The van der Waals surface area contributed by atoms with Crippen molar-refractivity contribution < 1.29 is 56.8 Å². The number of rotatable bonds is 36. The van der Waals surface area contributed by atoms with Gasteiger partial charge in [-0.25, -0.2) is 0 Å². The molecule has 0 aliphatic carbocycles. The van der Waals surface area contributed by atoms with Gasteiger partial charge in [-0.05, 0) is 77.0 Å². The van der Waals surface area contributed by atoms with Crippen molar-refractivity contribution in [3.05, 3.63) is 72.9 Å². The molecule has 0 radical (unpaired) electrons. The topological polar surface area (TPSA) is 186 Å². The van der Waals surface area contributed by atoms with Crippen molar-refractivity contribution in [2.75, 3.05) is 19.0 Å². The van der Waals surface area contributed by atoms with Gasteiger partial charge in [0.05, 0.1) is 6.61 Å². The molecular formula is C47H78O12S. The predicted molar refractivity (Wildman–Crippen MR) is 238 cm³/mol. The molecule has 1 aliphatic heterocycles. The summed E-state index contributed by atoms with van der Waals surface area (Å²) in [6.07, 6.45) is 36.5. The summed E-state index contributed by atoms with van der Waals surface area (Å²) in [5.41, 5.74) is 0. The first kappa shape index (κ1) is 55.1. The highest BCUT2D eigenvalue weighted by atomic mass is 32.2. The van der Waals surface area contributed by atoms with Gasteiger partial charge in [-0.3, -0.25) is 14.1 Å². The molecule has 12 nitrogen and oxygen atoms in total. The Morgan fingerprint density at radius 3 is 1.67 bits per heavy atom. The molecule has 0 amide bonds. The fourth-order valence-electron chi connectivity index (χ4n) is 6.24. The third-order valence-electron chi connectivity index (χ3n) is 9.77. The first-order valence-corrected chi connectivity index (χ1v) is 24.1. The minimum absolute atomic E-state index is 0.119. The third kappa shape index (κ3) is 31.0. The van der Waals surface area contributed by atoms with Gasteiger partial charge in [0.2, 0.25) is 0 Å². The number of unbranched alkanes of at least 4 members (excludes halogenated alkanes) is 13. The number of carbonyl (C=O) groups excluding carboxylic acids is 2. The van der Waals surface area contributed by atoms with Crippen molar-refractivity contribution in [1.82, 2.24) is 0 Å². The summed E-state index contributed by atoms with van der Waals surface area (Å²) in [5, 5.41) is 30.9. The first-order valence-electron chi connectivity index (χ1n) is 22.5. The van der Waals surface area contributed by atoms with Crippen molar-refractivity contribution in [3.63, 3.8) is 0 Å². The minimum Gasteiger partial charge on any atom is -0.462 e. The monoisotopic (exact) mass is 867 g/mol. The highest BCUT2D eigenvalue weighted by molar-refractivity contribution is 7.85. The highest BCUT2D eigenvalue weighted by Gasteiger charge is 2.46. The maximum atomic E-state index is 12.8. The number of aliphatic hydroxyl groups excluding tert-OH is 3. The van der Waals surface area contributed by atoms with Crippen LogP contribution in [0.2, 0.25) is 0 Å². The number of ether oxygens (including phenoxy) is 4. The van der Waals surface area contributed by atoms with E-state index in [0.717, 1.165) is 83.5 Å². The van der Waals surface area contributed by atoms with E-state index in [1.165, 1.54) is 32.1 Å². The quantitative estimate of drug-likeness (QED) is 0.0154. The molecule has 60 heavy (non-hydrogen) atoms. The van der Waals surface area contributed by atoms with E-state index in [9.17, 15) is 37.9 Å². The Labute approximate surface area is 361 Å². The van der Waals surface area contributed by atoms with Crippen molar-refractivity contribution in [3.8, 4) is 0 Å². The smallest absolute Gasteiger partial charge is 0.306 e. The predicted octanol–water partition coefficient (Wildman–Crippen LogP) is 9.11. The van der Waals surface area contributed by atoms with Crippen LogP contribution >= 0.6 is 0 Å². The van der Waals surface area contributed by atoms with Crippen LogP contribution in [0.25, 0.3) is 0 Å². The van der Waals surface area contributed by atoms with Crippen LogP contribution in [0.4, 0.5) is 0 Å². The van der Waals surface area contributed by atoms with Gasteiger partial charge in [-0.15, -0.1) is 0 Å². The van der Waals surface area contributed by atoms with E-state index in [4.69, 9.17) is 18.9 Å². The summed E-state index contributed by atoms with van der Waals surface area (Å²) in [5.74, 6) is -2.05. The molecule has 0 saturated carbocycles. The summed E-state index contributed by atoms with van der Waals surface area (Å²) in [7, 11) is -4.61. The van der Waals surface area contributed by atoms with Gasteiger partial charge >= 0.3 is 11.9 Å². The van der Waals surface area contributed by atoms with Crippen LogP contribution < -0.4 is 0 Å². The van der Waals surface area contributed by atoms with Crippen molar-refractivity contribution in [2.45, 2.75) is 192 Å². The lowest BCUT2D eigenvalue weighted by molar-refractivity contribution is -0.297. The van der Waals surface area contributed by atoms with E-state index < -0.39 is 71.2 Å². The van der Waals surface area contributed by atoms with Crippen molar-refractivity contribution in [2.24, 2.45) is 0 Å². The standard InChI is InChI=1S/C47H78O12S/c1-3-5-7-9-11-13-15-17-19-20-22-24-26-28-30-32-34-36-43(49)58-40(38-57-47-46(52)45(51)44(50)41(59-47)39-60(53,54)55)37-56-42(48)35-33-31-29-27-25-23-21-18-16-14-12-10-8-6-4-2/h7,9,13-16,18-21,24,26,40-41,44-47,50-52H,3-6,8,10-12,17,22-23,25,27-39H2,1-2H3,(H,53,54,55)/b9-7+,15-13+,16-14+,20-19+,21-18+,26-24+/t40-,41-,44-,45?,46?,47+/m1/s1. The second kappa shape index (κ2) is 36.7. The minimum atomic E-state index is -4.61. The van der Waals surface area contributed by atoms with Crippen LogP contribution in [-0.2, 0) is 38.7 Å². The molecule has 1 heterocycles. The highest BCUT2D eigenvalue weighted by Crippen LogP contribution is 2.24. The third-order valence-corrected chi connectivity index (χ3v) is 10.5. The van der Waals surface area contributed by atoms with E-state index in [1.54, 1.807) is 0 Å². The zero-order valence-electron chi connectivity index (χ0n) is 36.5.